The van der Waals surface area contributed by atoms with Gasteiger partial charge in [0.2, 0.25) is 0 Å². The third kappa shape index (κ3) is 2.34. The largest absolute Gasteiger partial charge is 0.317 e. The second-order valence-corrected chi connectivity index (χ2v) is 6.20. The molecule has 0 radical (unpaired) electrons. The summed E-state index contributed by atoms with van der Waals surface area (Å²) < 4.78 is 1.78. The van der Waals surface area contributed by atoms with Gasteiger partial charge in [0.25, 0.3) is 5.91 Å². The number of aromatic nitrogens is 3. The highest BCUT2D eigenvalue weighted by Crippen LogP contribution is 2.29. The molecule has 1 aliphatic heterocycles. The Morgan fingerprint density at radius 3 is 2.90 bits per heavy atom. The first-order valence-electron chi connectivity index (χ1n) is 6.65. The lowest BCUT2D eigenvalue weighted by Crippen LogP contribution is -2.52. The molecule has 1 aliphatic rings. The van der Waals surface area contributed by atoms with E-state index in [0.717, 1.165) is 30.8 Å². The molecule has 0 aromatic carbocycles. The van der Waals surface area contributed by atoms with E-state index in [1.807, 2.05) is 19.2 Å². The van der Waals surface area contributed by atoms with Crippen molar-refractivity contribution >= 4 is 22.4 Å². The van der Waals surface area contributed by atoms with Crippen LogP contribution in [0.25, 0.3) is 0 Å². The van der Waals surface area contributed by atoms with Crippen LogP contribution in [0, 0.1) is 6.92 Å². The average Bonchev–Trinajstić information content (AvgIpc) is 3.11. The number of hydrogen-bond acceptors (Lipinski definition) is 5. The van der Waals surface area contributed by atoms with Crippen LogP contribution in [0.5, 0.6) is 0 Å². The number of carbonyl (C=O) groups excluding carboxylic acids is 1. The summed E-state index contributed by atoms with van der Waals surface area (Å²) in [5.41, 5.74) is -0.617. The Balaban J connectivity index is 1.87. The van der Waals surface area contributed by atoms with Crippen LogP contribution in [0.1, 0.15) is 17.7 Å². The predicted molar refractivity (Wildman–Crippen MR) is 77.8 cm³/mol. The number of nitrogens with zero attached hydrogens (tertiary/aromatic N) is 3. The van der Waals surface area contributed by atoms with E-state index in [2.05, 4.69) is 20.7 Å². The first-order valence-corrected chi connectivity index (χ1v) is 7.47. The Morgan fingerprint density at radius 1 is 1.50 bits per heavy atom. The van der Waals surface area contributed by atoms with Crippen LogP contribution < -0.4 is 10.6 Å². The second kappa shape index (κ2) is 5.34. The summed E-state index contributed by atoms with van der Waals surface area (Å²) in [5.74, 6) is -0.0305. The number of rotatable bonds is 3. The summed E-state index contributed by atoms with van der Waals surface area (Å²) in [5, 5.41) is 11.2. The third-order valence-electron chi connectivity index (χ3n) is 3.64. The van der Waals surface area contributed by atoms with Gasteiger partial charge in [-0.25, -0.2) is 4.98 Å². The smallest absolute Gasteiger partial charge is 0.254 e. The van der Waals surface area contributed by atoms with Crippen LogP contribution in [0.4, 0.5) is 5.13 Å². The molecule has 3 rings (SSSR count). The van der Waals surface area contributed by atoms with Crippen molar-refractivity contribution in [3.05, 3.63) is 29.5 Å². The van der Waals surface area contributed by atoms with Crippen LogP contribution in [-0.4, -0.2) is 33.8 Å². The number of nitrogens with one attached hydrogen (secondary N) is 2. The highest BCUT2D eigenvalue weighted by Gasteiger charge is 2.42. The third-order valence-corrected chi connectivity index (χ3v) is 4.47. The standard InChI is InChI=1S/C13H17N5OS/c1-10-9-15-12(20-10)17-11(19)13(3-6-14-7-4-13)18-8-2-5-16-18/h2,5,8-9,14H,3-4,6-7H2,1H3,(H,15,17,19). The molecule has 0 unspecified atom stereocenters. The van der Waals surface area contributed by atoms with Crippen LogP contribution in [0.2, 0.25) is 0 Å². The molecule has 0 saturated carbocycles. The zero-order valence-electron chi connectivity index (χ0n) is 11.3. The summed E-state index contributed by atoms with van der Waals surface area (Å²) in [6.07, 6.45) is 6.79. The fourth-order valence-electron chi connectivity index (χ4n) is 2.55. The molecule has 3 heterocycles. The minimum atomic E-state index is -0.617. The van der Waals surface area contributed by atoms with Gasteiger partial charge in [0, 0.05) is 23.5 Å². The molecule has 0 atom stereocenters. The normalized spacial score (nSPS) is 17.9. The van der Waals surface area contributed by atoms with Crippen molar-refractivity contribution in [2.45, 2.75) is 25.3 Å². The van der Waals surface area contributed by atoms with E-state index in [4.69, 9.17) is 0 Å². The number of amides is 1. The lowest BCUT2D eigenvalue weighted by Gasteiger charge is -2.36. The van der Waals surface area contributed by atoms with Crippen molar-refractivity contribution in [1.82, 2.24) is 20.1 Å². The van der Waals surface area contributed by atoms with Crippen LogP contribution in [0.3, 0.4) is 0 Å². The van der Waals surface area contributed by atoms with Gasteiger partial charge in [-0.15, -0.1) is 11.3 Å². The van der Waals surface area contributed by atoms with E-state index >= 15 is 0 Å². The van der Waals surface area contributed by atoms with Crippen molar-refractivity contribution < 1.29 is 4.79 Å². The Bertz CT molecular complexity index is 586. The Kier molecular flexibility index (Phi) is 3.54. The first kappa shape index (κ1) is 13.3. The fraction of sp³-hybridized carbons (Fsp3) is 0.462. The van der Waals surface area contributed by atoms with E-state index in [0.29, 0.717) is 5.13 Å². The number of anilines is 1. The minimum Gasteiger partial charge on any atom is -0.317 e. The molecule has 2 aromatic rings. The predicted octanol–water partition coefficient (Wildman–Crippen LogP) is 1.37. The molecular weight excluding hydrogens is 274 g/mol. The van der Waals surface area contributed by atoms with Gasteiger partial charge in [-0.3, -0.25) is 14.8 Å². The SMILES string of the molecule is Cc1cnc(NC(=O)C2(n3cccn3)CCNCC2)s1. The van der Waals surface area contributed by atoms with Crippen molar-refractivity contribution in [1.29, 1.82) is 0 Å². The maximum Gasteiger partial charge on any atom is 0.254 e. The van der Waals surface area contributed by atoms with Crippen molar-refractivity contribution in [2.75, 3.05) is 18.4 Å². The zero-order chi connectivity index (χ0) is 14.0. The monoisotopic (exact) mass is 291 g/mol. The molecule has 0 spiro atoms. The quantitative estimate of drug-likeness (QED) is 0.896. The number of aryl methyl sites for hydroxylation is 1. The van der Waals surface area contributed by atoms with Crippen molar-refractivity contribution in [2.24, 2.45) is 0 Å². The Morgan fingerprint density at radius 2 is 2.30 bits per heavy atom. The van der Waals surface area contributed by atoms with Gasteiger partial charge < -0.3 is 5.32 Å². The Labute approximate surface area is 121 Å². The second-order valence-electron chi connectivity index (χ2n) is 4.96. The van der Waals surface area contributed by atoms with Crippen LogP contribution in [-0.2, 0) is 10.3 Å². The number of hydrogen-bond donors (Lipinski definition) is 2. The molecule has 2 N–H and O–H groups in total. The average molecular weight is 291 g/mol. The molecule has 2 aromatic heterocycles. The molecule has 1 fully saturated rings. The topological polar surface area (TPSA) is 71.8 Å². The number of carbonyl (C=O) groups is 1. The summed E-state index contributed by atoms with van der Waals surface area (Å²) in [6, 6.07) is 1.85. The maximum absolute atomic E-state index is 12.8. The summed E-state index contributed by atoms with van der Waals surface area (Å²) in [4.78, 5) is 18.1. The molecule has 0 bridgehead atoms. The van der Waals surface area contributed by atoms with Crippen molar-refractivity contribution in [3.8, 4) is 0 Å². The van der Waals surface area contributed by atoms with Crippen molar-refractivity contribution in [3.63, 3.8) is 0 Å². The van der Waals surface area contributed by atoms with Gasteiger partial charge >= 0.3 is 0 Å². The van der Waals surface area contributed by atoms with Crippen LogP contribution in [0.15, 0.2) is 24.7 Å². The molecular formula is C13H17N5OS. The number of thiazole rings is 1. The van der Waals surface area contributed by atoms with Gasteiger partial charge in [-0.1, -0.05) is 0 Å². The molecule has 0 aliphatic carbocycles. The van der Waals surface area contributed by atoms with E-state index < -0.39 is 5.54 Å². The molecule has 20 heavy (non-hydrogen) atoms. The van der Waals surface area contributed by atoms with E-state index in [-0.39, 0.29) is 5.91 Å². The maximum atomic E-state index is 12.8. The number of piperidine rings is 1. The lowest BCUT2D eigenvalue weighted by molar-refractivity contribution is -0.126. The highest BCUT2D eigenvalue weighted by molar-refractivity contribution is 7.15. The molecule has 6 nitrogen and oxygen atoms in total. The highest BCUT2D eigenvalue weighted by atomic mass is 32.1. The molecule has 1 saturated heterocycles. The molecule has 7 heteroatoms. The summed E-state index contributed by atoms with van der Waals surface area (Å²) >= 11 is 1.49. The van der Waals surface area contributed by atoms with Gasteiger partial charge in [-0.05, 0) is 38.9 Å². The lowest BCUT2D eigenvalue weighted by atomic mass is 9.87. The molecule has 106 valence electrons. The van der Waals surface area contributed by atoms with Gasteiger partial charge in [0.05, 0.1) is 0 Å². The molecule has 1 amide bonds. The summed E-state index contributed by atoms with van der Waals surface area (Å²) in [7, 11) is 0. The Hall–Kier alpha value is -1.73. The van der Waals surface area contributed by atoms with E-state index in [1.165, 1.54) is 11.3 Å². The van der Waals surface area contributed by atoms with E-state index in [1.54, 1.807) is 17.1 Å². The first-order chi connectivity index (χ1) is 9.71. The van der Waals surface area contributed by atoms with E-state index in [9.17, 15) is 4.79 Å². The van der Waals surface area contributed by atoms with Gasteiger partial charge in [0.1, 0.15) is 5.54 Å². The van der Waals surface area contributed by atoms with Gasteiger partial charge in [0.15, 0.2) is 5.13 Å². The minimum absolute atomic E-state index is 0.0305. The zero-order valence-corrected chi connectivity index (χ0v) is 12.1. The van der Waals surface area contributed by atoms with Gasteiger partial charge in [-0.2, -0.15) is 5.10 Å². The fourth-order valence-corrected chi connectivity index (χ4v) is 3.21. The van der Waals surface area contributed by atoms with Crippen LogP contribution >= 0.6 is 11.3 Å². The summed E-state index contributed by atoms with van der Waals surface area (Å²) in [6.45, 7) is 3.59.